The summed E-state index contributed by atoms with van der Waals surface area (Å²) in [5.41, 5.74) is -0.137. The zero-order valence-corrected chi connectivity index (χ0v) is 23.8. The number of aromatic nitrogens is 1. The highest BCUT2D eigenvalue weighted by Gasteiger charge is 2.29. The highest BCUT2D eigenvalue weighted by Crippen LogP contribution is 2.24. The first-order valence-corrected chi connectivity index (χ1v) is 12.7. The molecule has 10 nitrogen and oxygen atoms in total. The van der Waals surface area contributed by atoms with Gasteiger partial charge in [-0.1, -0.05) is 32.0 Å². The molecule has 0 radical (unpaired) electrons. The SMILES string of the molecule is CC(=O)O[C@H](Cc1cn(C(=O)OC(C)(C)C)c2ccccc12)NC(=O)[C@H](CC(C)C)NC(=O)OC(C)(C)C. The van der Waals surface area contributed by atoms with E-state index in [1.165, 1.54) is 11.5 Å². The number of carbonyl (C=O) groups is 4. The Balaban J connectivity index is 2.32. The van der Waals surface area contributed by atoms with Gasteiger partial charge in [0.05, 0.1) is 5.52 Å². The number of hydrogen-bond donors (Lipinski definition) is 2. The summed E-state index contributed by atoms with van der Waals surface area (Å²) >= 11 is 0. The lowest BCUT2D eigenvalue weighted by molar-refractivity contribution is -0.149. The molecule has 2 aromatic rings. The van der Waals surface area contributed by atoms with E-state index in [-0.39, 0.29) is 12.3 Å². The van der Waals surface area contributed by atoms with Gasteiger partial charge in [0.25, 0.3) is 0 Å². The van der Waals surface area contributed by atoms with Crippen molar-refractivity contribution in [3.63, 3.8) is 0 Å². The molecule has 0 spiro atoms. The van der Waals surface area contributed by atoms with Gasteiger partial charge in [0.1, 0.15) is 17.2 Å². The molecule has 210 valence electrons. The Labute approximate surface area is 224 Å². The molecule has 0 aliphatic carbocycles. The number of fused-ring (bicyclic) bond motifs is 1. The molecule has 38 heavy (non-hydrogen) atoms. The first-order chi connectivity index (χ1) is 17.4. The summed E-state index contributed by atoms with van der Waals surface area (Å²) < 4.78 is 17.7. The number of carbonyl (C=O) groups excluding carboxylic acids is 4. The molecule has 1 heterocycles. The van der Waals surface area contributed by atoms with Crippen LogP contribution in [0, 0.1) is 5.92 Å². The minimum absolute atomic E-state index is 0.0830. The number of hydrogen-bond acceptors (Lipinski definition) is 7. The van der Waals surface area contributed by atoms with E-state index in [0.29, 0.717) is 17.5 Å². The fourth-order valence-electron chi connectivity index (χ4n) is 3.81. The van der Waals surface area contributed by atoms with Gasteiger partial charge in [-0.3, -0.25) is 14.2 Å². The quantitative estimate of drug-likeness (QED) is 0.282. The monoisotopic (exact) mass is 531 g/mol. The third-order valence-electron chi connectivity index (χ3n) is 5.12. The fraction of sp³-hybridized carbons (Fsp3) is 0.571. The number of benzene rings is 1. The Kier molecular flexibility index (Phi) is 9.94. The van der Waals surface area contributed by atoms with Crippen LogP contribution >= 0.6 is 0 Å². The number of nitrogens with zero attached hydrogens (tertiary/aromatic N) is 1. The number of alkyl carbamates (subject to hydrolysis) is 1. The number of nitrogens with one attached hydrogen (secondary N) is 2. The Morgan fingerprint density at radius 2 is 1.53 bits per heavy atom. The van der Waals surface area contributed by atoms with E-state index >= 15 is 0 Å². The third-order valence-corrected chi connectivity index (χ3v) is 5.12. The van der Waals surface area contributed by atoms with Crippen LogP contribution in [0.5, 0.6) is 0 Å². The second-order valence-corrected chi connectivity index (χ2v) is 11.7. The zero-order valence-electron chi connectivity index (χ0n) is 23.8. The van der Waals surface area contributed by atoms with Crippen LogP contribution < -0.4 is 10.6 Å². The second kappa shape index (κ2) is 12.3. The summed E-state index contributed by atoms with van der Waals surface area (Å²) in [5, 5.41) is 6.10. The summed E-state index contributed by atoms with van der Waals surface area (Å²) in [6, 6.07) is 6.34. The summed E-state index contributed by atoms with van der Waals surface area (Å²) in [5.74, 6) is -1.03. The highest BCUT2D eigenvalue weighted by molar-refractivity contribution is 5.92. The molecule has 0 saturated carbocycles. The summed E-state index contributed by atoms with van der Waals surface area (Å²) in [6.07, 6.45) is -0.271. The van der Waals surface area contributed by atoms with Gasteiger partial charge in [0.2, 0.25) is 5.91 Å². The first kappa shape index (κ1) is 30.7. The number of rotatable bonds is 8. The molecule has 0 saturated heterocycles. The minimum Gasteiger partial charge on any atom is -0.444 e. The summed E-state index contributed by atoms with van der Waals surface area (Å²) in [4.78, 5) is 50.4. The average molecular weight is 532 g/mol. The second-order valence-electron chi connectivity index (χ2n) is 11.7. The molecule has 0 aliphatic heterocycles. The van der Waals surface area contributed by atoms with E-state index in [2.05, 4.69) is 10.6 Å². The molecule has 0 unspecified atom stereocenters. The maximum atomic E-state index is 13.2. The zero-order chi connectivity index (χ0) is 28.8. The van der Waals surface area contributed by atoms with Gasteiger partial charge in [-0.05, 0) is 65.5 Å². The topological polar surface area (TPSA) is 125 Å². The molecule has 0 bridgehead atoms. The van der Waals surface area contributed by atoms with E-state index in [9.17, 15) is 19.2 Å². The third kappa shape index (κ3) is 9.72. The van der Waals surface area contributed by atoms with Crippen molar-refractivity contribution in [3.05, 3.63) is 36.0 Å². The van der Waals surface area contributed by atoms with E-state index in [1.54, 1.807) is 59.9 Å². The maximum absolute atomic E-state index is 13.2. The van der Waals surface area contributed by atoms with Crippen molar-refractivity contribution >= 4 is 35.0 Å². The van der Waals surface area contributed by atoms with Crippen molar-refractivity contribution in [1.82, 2.24) is 15.2 Å². The van der Waals surface area contributed by atoms with Crippen molar-refractivity contribution in [2.75, 3.05) is 0 Å². The van der Waals surface area contributed by atoms with Crippen LogP contribution in [0.25, 0.3) is 10.9 Å². The van der Waals surface area contributed by atoms with Gasteiger partial charge in [-0.2, -0.15) is 0 Å². The van der Waals surface area contributed by atoms with Crippen LogP contribution in [0.15, 0.2) is 30.5 Å². The maximum Gasteiger partial charge on any atom is 0.419 e. The number of amides is 2. The fourth-order valence-corrected chi connectivity index (χ4v) is 3.81. The summed E-state index contributed by atoms with van der Waals surface area (Å²) in [7, 11) is 0. The standard InChI is InChI=1S/C28H41N3O7/c1-17(2)14-21(29-25(34)37-27(4,5)6)24(33)30-23(36-18(3)32)15-19-16-31(26(35)38-28(7,8)9)22-13-11-10-12-20(19)22/h10-13,16-17,21,23H,14-15H2,1-9H3,(H,29,34)(H,30,33)/t21-,23+/m0/s1. The van der Waals surface area contributed by atoms with E-state index < -0.39 is 47.5 Å². The van der Waals surface area contributed by atoms with Crippen molar-refractivity contribution in [3.8, 4) is 0 Å². The lowest BCUT2D eigenvalue weighted by Crippen LogP contribution is -2.52. The normalized spacial score (nSPS) is 13.5. The van der Waals surface area contributed by atoms with Gasteiger partial charge < -0.3 is 24.8 Å². The van der Waals surface area contributed by atoms with Crippen molar-refractivity contribution in [1.29, 1.82) is 0 Å². The highest BCUT2D eigenvalue weighted by atomic mass is 16.6. The molecule has 2 amide bonds. The smallest absolute Gasteiger partial charge is 0.419 e. The van der Waals surface area contributed by atoms with Crippen molar-refractivity contribution in [2.45, 2.75) is 98.6 Å². The number of ether oxygens (including phenoxy) is 3. The van der Waals surface area contributed by atoms with Gasteiger partial charge >= 0.3 is 18.2 Å². The van der Waals surface area contributed by atoms with Gasteiger partial charge in [-0.15, -0.1) is 0 Å². The molecule has 2 N–H and O–H groups in total. The molecule has 10 heteroatoms. The van der Waals surface area contributed by atoms with Gasteiger partial charge in [0.15, 0.2) is 6.23 Å². The minimum atomic E-state index is -1.05. The van der Waals surface area contributed by atoms with E-state index in [1.807, 2.05) is 26.0 Å². The van der Waals surface area contributed by atoms with Gasteiger partial charge in [-0.25, -0.2) is 9.59 Å². The van der Waals surface area contributed by atoms with Crippen LogP contribution in [-0.4, -0.2) is 52.1 Å². The molecule has 0 aliphatic rings. The van der Waals surface area contributed by atoms with Crippen LogP contribution in [0.1, 0.15) is 74.3 Å². The molecular weight excluding hydrogens is 490 g/mol. The van der Waals surface area contributed by atoms with Crippen LogP contribution in [-0.2, 0) is 30.2 Å². The predicted molar refractivity (Wildman–Crippen MR) is 144 cm³/mol. The Morgan fingerprint density at radius 3 is 2.08 bits per heavy atom. The van der Waals surface area contributed by atoms with Crippen LogP contribution in [0.2, 0.25) is 0 Å². The molecule has 0 fully saturated rings. The molecule has 1 aromatic carbocycles. The molecule has 2 rings (SSSR count). The van der Waals surface area contributed by atoms with Crippen molar-refractivity contribution in [2.24, 2.45) is 5.92 Å². The summed E-state index contributed by atoms with van der Waals surface area (Å²) in [6.45, 7) is 15.6. The van der Waals surface area contributed by atoms with Gasteiger partial charge in [0, 0.05) is 24.9 Å². The van der Waals surface area contributed by atoms with Crippen LogP contribution in [0.4, 0.5) is 9.59 Å². The number of para-hydroxylation sites is 1. The lowest BCUT2D eigenvalue weighted by atomic mass is 10.0. The Hall–Kier alpha value is -3.56. The van der Waals surface area contributed by atoms with Crippen LogP contribution in [0.3, 0.4) is 0 Å². The molecule has 1 aromatic heterocycles. The molecule has 2 atom stereocenters. The van der Waals surface area contributed by atoms with Crippen molar-refractivity contribution < 1.29 is 33.4 Å². The largest absolute Gasteiger partial charge is 0.444 e. The predicted octanol–water partition coefficient (Wildman–Crippen LogP) is 4.91. The Morgan fingerprint density at radius 1 is 0.921 bits per heavy atom. The first-order valence-electron chi connectivity index (χ1n) is 12.7. The average Bonchev–Trinajstić information content (AvgIpc) is 3.08. The van der Waals surface area contributed by atoms with E-state index in [0.717, 1.165) is 5.39 Å². The molecular formula is C28H41N3O7. The number of esters is 1. The van der Waals surface area contributed by atoms with E-state index in [4.69, 9.17) is 14.2 Å². The Bertz CT molecular complexity index is 1160. The lowest BCUT2D eigenvalue weighted by Gasteiger charge is -2.26.